The van der Waals surface area contributed by atoms with Crippen LogP contribution in [0.5, 0.6) is 0 Å². The van der Waals surface area contributed by atoms with E-state index < -0.39 is 0 Å². The summed E-state index contributed by atoms with van der Waals surface area (Å²) < 4.78 is 0. The summed E-state index contributed by atoms with van der Waals surface area (Å²) in [6, 6.07) is 10.5. The van der Waals surface area contributed by atoms with E-state index in [4.69, 9.17) is 0 Å². The average Bonchev–Trinajstić information content (AvgIpc) is 2.45. The SMILES string of the molecule is CC(C)NCC1CCCN(C)C1c1ccc(C(C)C)cc1. The third kappa shape index (κ3) is 4.31. The molecule has 0 aliphatic carbocycles. The Bertz CT molecular complexity index is 422. The van der Waals surface area contributed by atoms with Gasteiger partial charge >= 0.3 is 0 Å². The standard InChI is InChI=1S/C19H32N2/c1-14(2)16-8-10-17(11-9-16)19-18(13-20-15(3)4)7-6-12-21(19)5/h8-11,14-15,18-20H,6-7,12-13H2,1-5H3. The largest absolute Gasteiger partial charge is 0.314 e. The van der Waals surface area contributed by atoms with Crippen LogP contribution in [0.25, 0.3) is 0 Å². The van der Waals surface area contributed by atoms with Gasteiger partial charge in [0.05, 0.1) is 0 Å². The first kappa shape index (κ1) is 16.5. The molecular weight excluding hydrogens is 256 g/mol. The molecule has 1 heterocycles. The summed E-state index contributed by atoms with van der Waals surface area (Å²) in [6.45, 7) is 11.3. The second-order valence-corrected chi connectivity index (χ2v) is 7.21. The molecule has 21 heavy (non-hydrogen) atoms. The van der Waals surface area contributed by atoms with Crippen LogP contribution in [0.2, 0.25) is 0 Å². The lowest BCUT2D eigenvalue weighted by molar-refractivity contribution is 0.118. The van der Waals surface area contributed by atoms with Crippen molar-refractivity contribution in [1.29, 1.82) is 0 Å². The van der Waals surface area contributed by atoms with Crippen molar-refractivity contribution in [2.75, 3.05) is 20.1 Å². The highest BCUT2D eigenvalue weighted by Crippen LogP contribution is 2.35. The first-order valence-electron chi connectivity index (χ1n) is 8.52. The zero-order valence-electron chi connectivity index (χ0n) is 14.4. The van der Waals surface area contributed by atoms with Gasteiger partial charge in [-0.25, -0.2) is 0 Å². The molecule has 1 aliphatic heterocycles. The Hall–Kier alpha value is -0.860. The zero-order chi connectivity index (χ0) is 15.4. The van der Waals surface area contributed by atoms with E-state index in [1.807, 2.05) is 0 Å². The Kier molecular flexibility index (Phi) is 5.83. The van der Waals surface area contributed by atoms with Gasteiger partial charge in [0.2, 0.25) is 0 Å². The number of nitrogens with one attached hydrogen (secondary N) is 1. The molecule has 2 heteroatoms. The first-order chi connectivity index (χ1) is 9.99. The summed E-state index contributed by atoms with van der Waals surface area (Å²) in [5.41, 5.74) is 2.92. The third-order valence-electron chi connectivity index (χ3n) is 4.74. The highest BCUT2D eigenvalue weighted by Gasteiger charge is 2.30. The summed E-state index contributed by atoms with van der Waals surface area (Å²) >= 11 is 0. The predicted molar refractivity (Wildman–Crippen MR) is 91.8 cm³/mol. The fraction of sp³-hybridized carbons (Fsp3) is 0.684. The van der Waals surface area contributed by atoms with Crippen LogP contribution < -0.4 is 5.32 Å². The van der Waals surface area contributed by atoms with E-state index in [0.29, 0.717) is 18.0 Å². The van der Waals surface area contributed by atoms with Crippen LogP contribution in [0.3, 0.4) is 0 Å². The number of nitrogens with zero attached hydrogens (tertiary/aromatic N) is 1. The lowest BCUT2D eigenvalue weighted by Gasteiger charge is -2.40. The molecule has 0 amide bonds. The van der Waals surface area contributed by atoms with Crippen LogP contribution in [0.15, 0.2) is 24.3 Å². The van der Waals surface area contributed by atoms with E-state index in [0.717, 1.165) is 12.5 Å². The molecule has 1 aromatic rings. The van der Waals surface area contributed by atoms with Crippen LogP contribution in [0.1, 0.15) is 63.6 Å². The lowest BCUT2D eigenvalue weighted by atomic mass is 9.84. The Morgan fingerprint density at radius 2 is 1.81 bits per heavy atom. The number of benzene rings is 1. The second kappa shape index (κ2) is 7.42. The minimum Gasteiger partial charge on any atom is -0.314 e. The van der Waals surface area contributed by atoms with Crippen molar-refractivity contribution in [1.82, 2.24) is 10.2 Å². The molecule has 0 saturated carbocycles. The molecule has 0 aromatic heterocycles. The lowest BCUT2D eigenvalue weighted by Crippen LogP contribution is -2.41. The molecule has 1 aromatic carbocycles. The summed E-state index contributed by atoms with van der Waals surface area (Å²) in [6.07, 6.45) is 2.65. The predicted octanol–water partition coefficient (Wildman–Crippen LogP) is 4.19. The Morgan fingerprint density at radius 1 is 1.14 bits per heavy atom. The first-order valence-corrected chi connectivity index (χ1v) is 8.52. The van der Waals surface area contributed by atoms with E-state index in [9.17, 15) is 0 Å². The van der Waals surface area contributed by atoms with Crippen molar-refractivity contribution in [3.05, 3.63) is 35.4 Å². The number of hydrogen-bond acceptors (Lipinski definition) is 2. The Morgan fingerprint density at radius 3 is 2.38 bits per heavy atom. The van der Waals surface area contributed by atoms with Gasteiger partial charge in [-0.1, -0.05) is 52.0 Å². The summed E-state index contributed by atoms with van der Waals surface area (Å²) in [4.78, 5) is 2.54. The Labute approximate surface area is 130 Å². The minimum atomic E-state index is 0.561. The third-order valence-corrected chi connectivity index (χ3v) is 4.74. The second-order valence-electron chi connectivity index (χ2n) is 7.21. The maximum absolute atomic E-state index is 3.64. The van der Waals surface area contributed by atoms with Gasteiger partial charge in [0.25, 0.3) is 0 Å². The molecular formula is C19H32N2. The number of hydrogen-bond donors (Lipinski definition) is 1. The molecule has 2 rings (SSSR count). The van der Waals surface area contributed by atoms with Gasteiger partial charge in [0, 0.05) is 18.6 Å². The zero-order valence-corrected chi connectivity index (χ0v) is 14.4. The quantitative estimate of drug-likeness (QED) is 0.874. The number of piperidine rings is 1. The molecule has 0 spiro atoms. The highest BCUT2D eigenvalue weighted by atomic mass is 15.1. The maximum atomic E-state index is 3.64. The Balaban J connectivity index is 2.14. The van der Waals surface area contributed by atoms with Gasteiger partial charge < -0.3 is 5.32 Å². The van der Waals surface area contributed by atoms with Crippen LogP contribution in [-0.4, -0.2) is 31.1 Å². The molecule has 1 fully saturated rings. The van der Waals surface area contributed by atoms with Crippen molar-refractivity contribution in [2.45, 2.75) is 58.5 Å². The van der Waals surface area contributed by atoms with Gasteiger partial charge in [-0.05, 0) is 49.4 Å². The van der Waals surface area contributed by atoms with Gasteiger partial charge in [-0.2, -0.15) is 0 Å². The summed E-state index contributed by atoms with van der Waals surface area (Å²) in [7, 11) is 2.28. The fourth-order valence-electron chi connectivity index (χ4n) is 3.47. The van der Waals surface area contributed by atoms with Crippen LogP contribution in [-0.2, 0) is 0 Å². The van der Waals surface area contributed by atoms with E-state index in [2.05, 4.69) is 69.2 Å². The average molecular weight is 288 g/mol. The van der Waals surface area contributed by atoms with Gasteiger partial charge in [0.1, 0.15) is 0 Å². The normalized spacial score (nSPS) is 24.0. The molecule has 0 bridgehead atoms. The van der Waals surface area contributed by atoms with Gasteiger partial charge in [-0.15, -0.1) is 0 Å². The van der Waals surface area contributed by atoms with Crippen molar-refractivity contribution in [2.24, 2.45) is 5.92 Å². The maximum Gasteiger partial charge on any atom is 0.0385 e. The summed E-state index contributed by atoms with van der Waals surface area (Å²) in [5.74, 6) is 1.33. The van der Waals surface area contributed by atoms with Gasteiger partial charge in [0.15, 0.2) is 0 Å². The van der Waals surface area contributed by atoms with Crippen molar-refractivity contribution in [3.63, 3.8) is 0 Å². The molecule has 1 saturated heterocycles. The number of likely N-dealkylation sites (tertiary alicyclic amines) is 1. The van der Waals surface area contributed by atoms with Crippen LogP contribution in [0, 0.1) is 5.92 Å². The topological polar surface area (TPSA) is 15.3 Å². The summed E-state index contributed by atoms with van der Waals surface area (Å²) in [5, 5.41) is 3.64. The molecule has 2 unspecified atom stereocenters. The van der Waals surface area contributed by atoms with E-state index in [-0.39, 0.29) is 0 Å². The number of rotatable bonds is 5. The molecule has 2 atom stereocenters. The molecule has 2 nitrogen and oxygen atoms in total. The van der Waals surface area contributed by atoms with Gasteiger partial charge in [-0.3, -0.25) is 4.90 Å². The fourth-order valence-corrected chi connectivity index (χ4v) is 3.47. The molecule has 118 valence electrons. The van der Waals surface area contributed by atoms with Crippen molar-refractivity contribution >= 4 is 0 Å². The van der Waals surface area contributed by atoms with Crippen molar-refractivity contribution in [3.8, 4) is 0 Å². The smallest absolute Gasteiger partial charge is 0.0385 e. The van der Waals surface area contributed by atoms with E-state index >= 15 is 0 Å². The van der Waals surface area contributed by atoms with E-state index in [1.54, 1.807) is 0 Å². The highest BCUT2D eigenvalue weighted by molar-refractivity contribution is 5.27. The van der Waals surface area contributed by atoms with E-state index in [1.165, 1.54) is 30.5 Å². The van der Waals surface area contributed by atoms with Crippen LogP contribution in [0.4, 0.5) is 0 Å². The monoisotopic (exact) mass is 288 g/mol. The van der Waals surface area contributed by atoms with Crippen LogP contribution >= 0.6 is 0 Å². The minimum absolute atomic E-state index is 0.561. The van der Waals surface area contributed by atoms with Crippen molar-refractivity contribution < 1.29 is 0 Å². The molecule has 1 aliphatic rings. The molecule has 1 N–H and O–H groups in total. The molecule has 0 radical (unpaired) electrons.